The van der Waals surface area contributed by atoms with E-state index in [1.165, 1.54) is 21.3 Å². The van der Waals surface area contributed by atoms with E-state index in [0.717, 1.165) is 16.7 Å². The molecule has 1 saturated heterocycles. The van der Waals surface area contributed by atoms with Crippen LogP contribution in [0.3, 0.4) is 0 Å². The third-order valence-electron chi connectivity index (χ3n) is 3.97. The number of nitrogens with zero attached hydrogens (tertiary/aromatic N) is 1. The summed E-state index contributed by atoms with van der Waals surface area (Å²) in [6, 6.07) is 2.39. The number of thiocarbonyl (C=S) groups is 1. The minimum atomic E-state index is -1.09. The third-order valence-corrected chi connectivity index (χ3v) is 5.30. The first-order valence-corrected chi connectivity index (χ1v) is 9.27. The number of aliphatic carboxylic acids is 1. The quantitative estimate of drug-likeness (QED) is 0.541. The van der Waals surface area contributed by atoms with Crippen LogP contribution in [-0.2, 0) is 9.59 Å². The van der Waals surface area contributed by atoms with Crippen molar-refractivity contribution in [1.29, 1.82) is 0 Å². The van der Waals surface area contributed by atoms with Crippen molar-refractivity contribution in [2.75, 3.05) is 21.3 Å². The van der Waals surface area contributed by atoms with Crippen LogP contribution in [0.2, 0.25) is 0 Å². The van der Waals surface area contributed by atoms with Gasteiger partial charge in [0.05, 0.1) is 26.2 Å². The summed E-state index contributed by atoms with van der Waals surface area (Å²) in [6.07, 6.45) is 1.63. The van der Waals surface area contributed by atoms with Crippen LogP contribution in [0.5, 0.6) is 17.2 Å². The van der Waals surface area contributed by atoms with Crippen LogP contribution in [-0.4, -0.2) is 53.6 Å². The molecule has 1 aromatic rings. The van der Waals surface area contributed by atoms with E-state index in [2.05, 4.69) is 0 Å². The summed E-state index contributed by atoms with van der Waals surface area (Å²) in [5, 5.41) is 9.48. The van der Waals surface area contributed by atoms with E-state index in [1.807, 2.05) is 0 Å². The molecule has 1 heterocycles. The van der Waals surface area contributed by atoms with E-state index in [9.17, 15) is 14.7 Å². The maximum atomic E-state index is 12.8. The van der Waals surface area contributed by atoms with Crippen molar-refractivity contribution in [1.82, 2.24) is 4.90 Å². The highest BCUT2D eigenvalue weighted by atomic mass is 32.2. The van der Waals surface area contributed by atoms with Crippen molar-refractivity contribution < 1.29 is 28.9 Å². The first-order valence-electron chi connectivity index (χ1n) is 8.05. The van der Waals surface area contributed by atoms with Crippen LogP contribution in [0, 0.1) is 5.92 Å². The zero-order valence-electron chi connectivity index (χ0n) is 15.6. The maximum Gasteiger partial charge on any atom is 0.327 e. The lowest BCUT2D eigenvalue weighted by molar-refractivity contribution is -0.146. The van der Waals surface area contributed by atoms with Gasteiger partial charge >= 0.3 is 5.97 Å². The molecule has 0 spiro atoms. The van der Waals surface area contributed by atoms with Gasteiger partial charge in [-0.1, -0.05) is 37.8 Å². The Kier molecular flexibility index (Phi) is 6.72. The monoisotopic (exact) mass is 411 g/mol. The third kappa shape index (κ3) is 4.19. The van der Waals surface area contributed by atoms with Crippen molar-refractivity contribution in [3.63, 3.8) is 0 Å². The molecule has 27 heavy (non-hydrogen) atoms. The highest BCUT2D eigenvalue weighted by Gasteiger charge is 2.41. The van der Waals surface area contributed by atoms with Crippen LogP contribution in [0.4, 0.5) is 0 Å². The minimum Gasteiger partial charge on any atom is -0.493 e. The number of ether oxygens (including phenoxy) is 3. The van der Waals surface area contributed by atoms with Crippen LogP contribution >= 0.6 is 24.0 Å². The molecule has 0 bridgehead atoms. The minimum absolute atomic E-state index is 0.222. The Morgan fingerprint density at radius 2 is 1.74 bits per heavy atom. The molecule has 1 unspecified atom stereocenters. The van der Waals surface area contributed by atoms with Gasteiger partial charge in [0.15, 0.2) is 11.5 Å². The Balaban J connectivity index is 2.45. The number of amides is 1. The summed E-state index contributed by atoms with van der Waals surface area (Å²) in [5.74, 6) is -0.468. The Hall–Kier alpha value is -2.26. The zero-order chi connectivity index (χ0) is 20.3. The number of carboxylic acids is 1. The van der Waals surface area contributed by atoms with Gasteiger partial charge in [-0.3, -0.25) is 9.69 Å². The first kappa shape index (κ1) is 21.0. The summed E-state index contributed by atoms with van der Waals surface area (Å²) in [7, 11) is 4.50. The molecular formula is C18H21NO6S2. The normalized spacial score (nSPS) is 16.8. The van der Waals surface area contributed by atoms with Gasteiger partial charge < -0.3 is 19.3 Å². The fourth-order valence-electron chi connectivity index (χ4n) is 2.75. The number of rotatable bonds is 7. The second-order valence-corrected chi connectivity index (χ2v) is 7.71. The number of carbonyl (C=O) groups is 2. The van der Waals surface area contributed by atoms with Crippen LogP contribution in [0.1, 0.15) is 19.4 Å². The van der Waals surface area contributed by atoms with Crippen LogP contribution < -0.4 is 14.2 Å². The van der Waals surface area contributed by atoms with E-state index in [4.69, 9.17) is 26.4 Å². The van der Waals surface area contributed by atoms with E-state index in [-0.39, 0.29) is 10.2 Å². The molecule has 1 aromatic carbocycles. The van der Waals surface area contributed by atoms with Gasteiger partial charge in [0.25, 0.3) is 5.91 Å². The van der Waals surface area contributed by atoms with Crippen molar-refractivity contribution in [2.45, 2.75) is 19.9 Å². The maximum absolute atomic E-state index is 12.8. The largest absolute Gasteiger partial charge is 0.493 e. The summed E-state index contributed by atoms with van der Waals surface area (Å²) in [6.45, 7) is 3.47. The number of thioether (sulfide) groups is 1. The molecule has 1 aliphatic rings. The summed E-state index contributed by atoms with van der Waals surface area (Å²) >= 11 is 6.33. The summed E-state index contributed by atoms with van der Waals surface area (Å²) in [5.41, 5.74) is 0.640. The average Bonchev–Trinajstić information content (AvgIpc) is 2.88. The number of methoxy groups -OCH3 is 3. The molecule has 1 fully saturated rings. The average molecular weight is 412 g/mol. The standard InChI is InChI=1S/C18H21NO6S2/c1-9(2)14(17(21)22)19-16(20)13(27-18(19)26)8-10-6-11(23-3)15(25-5)12(7-10)24-4/h6-9,14H,1-5H3,(H,21,22)/b13-8+. The van der Waals surface area contributed by atoms with Gasteiger partial charge in [0.2, 0.25) is 5.75 Å². The molecular weight excluding hydrogens is 390 g/mol. The predicted molar refractivity (Wildman–Crippen MR) is 107 cm³/mol. The molecule has 1 N–H and O–H groups in total. The summed E-state index contributed by atoms with van der Waals surface area (Å²) < 4.78 is 16.1. The summed E-state index contributed by atoms with van der Waals surface area (Å²) in [4.78, 5) is 25.9. The highest BCUT2D eigenvalue weighted by Crippen LogP contribution is 2.41. The highest BCUT2D eigenvalue weighted by molar-refractivity contribution is 8.26. The second kappa shape index (κ2) is 8.62. The van der Waals surface area contributed by atoms with Crippen molar-refractivity contribution >= 4 is 46.3 Å². The number of carbonyl (C=O) groups excluding carboxylic acids is 1. The molecule has 2 rings (SSSR count). The van der Waals surface area contributed by atoms with E-state index < -0.39 is 17.9 Å². The van der Waals surface area contributed by atoms with Crippen LogP contribution in [0.25, 0.3) is 6.08 Å². The molecule has 0 aliphatic carbocycles. The number of carboxylic acid groups (broad SMARTS) is 1. The first-order chi connectivity index (χ1) is 12.7. The molecule has 9 heteroatoms. The lowest BCUT2D eigenvalue weighted by Crippen LogP contribution is -2.47. The molecule has 0 saturated carbocycles. The second-order valence-electron chi connectivity index (χ2n) is 6.04. The van der Waals surface area contributed by atoms with E-state index in [0.29, 0.717) is 27.7 Å². The lowest BCUT2D eigenvalue weighted by Gasteiger charge is -2.26. The van der Waals surface area contributed by atoms with Gasteiger partial charge in [0.1, 0.15) is 10.4 Å². The van der Waals surface area contributed by atoms with Gasteiger partial charge in [-0.25, -0.2) is 4.79 Å². The molecule has 1 atom stereocenters. The number of hydrogen-bond acceptors (Lipinski definition) is 7. The van der Waals surface area contributed by atoms with Gasteiger partial charge in [-0.05, 0) is 29.7 Å². The van der Waals surface area contributed by atoms with Crippen LogP contribution in [0.15, 0.2) is 17.0 Å². The Bertz CT molecular complexity index is 780. The Morgan fingerprint density at radius 3 is 2.15 bits per heavy atom. The molecule has 1 aliphatic heterocycles. The smallest absolute Gasteiger partial charge is 0.327 e. The van der Waals surface area contributed by atoms with Gasteiger partial charge in [-0.2, -0.15) is 0 Å². The van der Waals surface area contributed by atoms with Gasteiger partial charge in [0, 0.05) is 0 Å². The SMILES string of the molecule is COc1cc(/C=C2/SC(=S)N(C(C(=O)O)C(C)C)C2=O)cc(OC)c1OC. The van der Waals surface area contributed by atoms with Gasteiger partial charge in [-0.15, -0.1) is 0 Å². The molecule has 0 aromatic heterocycles. The fourth-order valence-corrected chi connectivity index (χ4v) is 4.08. The Labute approximate surface area is 167 Å². The van der Waals surface area contributed by atoms with Crippen molar-refractivity contribution in [2.24, 2.45) is 5.92 Å². The zero-order valence-corrected chi connectivity index (χ0v) is 17.3. The lowest BCUT2D eigenvalue weighted by atomic mass is 10.0. The molecule has 0 radical (unpaired) electrons. The molecule has 7 nitrogen and oxygen atoms in total. The topological polar surface area (TPSA) is 85.3 Å². The van der Waals surface area contributed by atoms with Crippen molar-refractivity contribution in [3.8, 4) is 17.2 Å². The fraction of sp³-hybridized carbons (Fsp3) is 0.389. The Morgan fingerprint density at radius 1 is 1.19 bits per heavy atom. The molecule has 146 valence electrons. The van der Waals surface area contributed by atoms with E-state index in [1.54, 1.807) is 32.1 Å². The predicted octanol–water partition coefficient (Wildman–Crippen LogP) is 3.02. The number of hydrogen-bond donors (Lipinski definition) is 1. The van der Waals surface area contributed by atoms with Crippen molar-refractivity contribution in [3.05, 3.63) is 22.6 Å². The molecule has 1 amide bonds. The number of benzene rings is 1. The van der Waals surface area contributed by atoms with E-state index >= 15 is 0 Å².